The van der Waals surface area contributed by atoms with E-state index < -0.39 is 0 Å². The molecule has 0 amide bonds. The highest BCUT2D eigenvalue weighted by Gasteiger charge is 2.13. The number of methoxy groups -OCH3 is 1. The molecule has 0 bridgehead atoms. The molecule has 0 aliphatic heterocycles. The zero-order chi connectivity index (χ0) is 18.8. The Bertz CT molecular complexity index is 599. The fourth-order valence-corrected chi connectivity index (χ4v) is 3.14. The Morgan fingerprint density at radius 1 is 1.27 bits per heavy atom. The Morgan fingerprint density at radius 2 is 2.04 bits per heavy atom. The van der Waals surface area contributed by atoms with Gasteiger partial charge < -0.3 is 14.8 Å². The fourth-order valence-electron chi connectivity index (χ4n) is 2.92. The number of thiocarbonyl (C=S) groups is 1. The highest BCUT2D eigenvalue weighted by molar-refractivity contribution is 7.80. The molecule has 0 saturated heterocycles. The van der Waals surface area contributed by atoms with Gasteiger partial charge in [-0.1, -0.05) is 33.1 Å². The van der Waals surface area contributed by atoms with Gasteiger partial charge >= 0.3 is 0 Å². The van der Waals surface area contributed by atoms with E-state index in [0.717, 1.165) is 17.7 Å². The maximum Gasteiger partial charge on any atom is 0.187 e. The normalized spacial score (nSPS) is 15.2. The predicted molar refractivity (Wildman–Crippen MR) is 111 cm³/mol. The minimum atomic E-state index is 0.473. The summed E-state index contributed by atoms with van der Waals surface area (Å²) in [6.45, 7) is 5.05. The van der Waals surface area contributed by atoms with Crippen molar-refractivity contribution in [3.05, 3.63) is 23.8 Å². The number of hydrogen-bond acceptors (Lipinski definition) is 4. The molecule has 1 aromatic rings. The van der Waals surface area contributed by atoms with Crippen molar-refractivity contribution in [2.24, 2.45) is 11.0 Å². The van der Waals surface area contributed by atoms with Gasteiger partial charge in [-0.3, -0.25) is 5.43 Å². The number of ether oxygens (including phenoxy) is 2. The van der Waals surface area contributed by atoms with E-state index >= 15 is 0 Å². The van der Waals surface area contributed by atoms with Gasteiger partial charge in [0.05, 0.1) is 19.9 Å². The third-order valence-electron chi connectivity index (χ3n) is 4.46. The lowest BCUT2D eigenvalue weighted by Gasteiger charge is -2.23. The second kappa shape index (κ2) is 11.0. The summed E-state index contributed by atoms with van der Waals surface area (Å²) in [5.41, 5.74) is 3.82. The molecule has 1 fully saturated rings. The van der Waals surface area contributed by atoms with Gasteiger partial charge in [-0.15, -0.1) is 0 Å². The fraction of sp³-hybridized carbons (Fsp3) is 0.600. The van der Waals surface area contributed by atoms with Crippen LogP contribution >= 0.6 is 12.2 Å². The van der Waals surface area contributed by atoms with Crippen LogP contribution in [0, 0.1) is 5.92 Å². The lowest BCUT2D eigenvalue weighted by Crippen LogP contribution is -2.40. The largest absolute Gasteiger partial charge is 0.493 e. The second-order valence-corrected chi connectivity index (χ2v) is 7.53. The first-order valence-corrected chi connectivity index (χ1v) is 9.89. The van der Waals surface area contributed by atoms with Crippen molar-refractivity contribution in [1.82, 2.24) is 10.7 Å². The molecule has 0 heterocycles. The van der Waals surface area contributed by atoms with Gasteiger partial charge in [-0.2, -0.15) is 5.10 Å². The van der Waals surface area contributed by atoms with Crippen LogP contribution in [0.3, 0.4) is 0 Å². The van der Waals surface area contributed by atoms with E-state index in [1.54, 1.807) is 13.3 Å². The average Bonchev–Trinajstić information content (AvgIpc) is 2.63. The number of nitrogens with one attached hydrogen (secondary N) is 2. The predicted octanol–water partition coefficient (Wildman–Crippen LogP) is 4.25. The molecule has 0 spiro atoms. The number of rotatable bonds is 8. The summed E-state index contributed by atoms with van der Waals surface area (Å²) in [7, 11) is 1.65. The highest BCUT2D eigenvalue weighted by atomic mass is 32.1. The van der Waals surface area contributed by atoms with Gasteiger partial charge in [0, 0.05) is 6.04 Å². The van der Waals surface area contributed by atoms with Crippen molar-refractivity contribution in [2.45, 2.75) is 58.4 Å². The van der Waals surface area contributed by atoms with Gasteiger partial charge in [0.15, 0.2) is 16.6 Å². The van der Waals surface area contributed by atoms with E-state index in [1.165, 1.54) is 32.1 Å². The third kappa shape index (κ3) is 7.20. The van der Waals surface area contributed by atoms with Gasteiger partial charge in [-0.25, -0.2) is 0 Å². The van der Waals surface area contributed by atoms with E-state index in [9.17, 15) is 0 Å². The number of benzene rings is 1. The highest BCUT2D eigenvalue weighted by Crippen LogP contribution is 2.27. The summed E-state index contributed by atoms with van der Waals surface area (Å²) in [5, 5.41) is 8.13. The van der Waals surface area contributed by atoms with Crippen molar-refractivity contribution >= 4 is 23.5 Å². The van der Waals surface area contributed by atoms with Crippen LogP contribution in [0.25, 0.3) is 0 Å². The summed E-state index contributed by atoms with van der Waals surface area (Å²) in [6.07, 6.45) is 8.98. The van der Waals surface area contributed by atoms with E-state index in [4.69, 9.17) is 21.7 Å². The maximum absolute atomic E-state index is 5.81. The van der Waals surface area contributed by atoms with Gasteiger partial charge in [0.2, 0.25) is 0 Å². The molecule has 1 saturated carbocycles. The summed E-state index contributed by atoms with van der Waals surface area (Å²) >= 11 is 5.31. The third-order valence-corrected chi connectivity index (χ3v) is 4.67. The first kappa shape index (κ1) is 20.5. The smallest absolute Gasteiger partial charge is 0.187 e. The van der Waals surface area contributed by atoms with Crippen LogP contribution in [-0.4, -0.2) is 31.1 Å². The van der Waals surface area contributed by atoms with Gasteiger partial charge in [0.1, 0.15) is 0 Å². The van der Waals surface area contributed by atoms with Crippen LogP contribution in [0.2, 0.25) is 0 Å². The molecule has 2 N–H and O–H groups in total. The van der Waals surface area contributed by atoms with Crippen LogP contribution in [0.15, 0.2) is 23.3 Å². The summed E-state index contributed by atoms with van der Waals surface area (Å²) in [5.74, 6) is 2.08. The number of hydrazone groups is 1. The Balaban J connectivity index is 1.83. The summed E-state index contributed by atoms with van der Waals surface area (Å²) in [6, 6.07) is 6.25. The first-order valence-electron chi connectivity index (χ1n) is 9.49. The molecule has 2 rings (SSSR count). The molecule has 26 heavy (non-hydrogen) atoms. The van der Waals surface area contributed by atoms with Crippen molar-refractivity contribution in [3.63, 3.8) is 0 Å². The average molecular weight is 378 g/mol. The molecular formula is C20H31N3O2S. The Labute approximate surface area is 162 Å². The van der Waals surface area contributed by atoms with Gasteiger partial charge in [0.25, 0.3) is 0 Å². The van der Waals surface area contributed by atoms with Crippen molar-refractivity contribution in [2.75, 3.05) is 13.7 Å². The second-order valence-electron chi connectivity index (χ2n) is 7.12. The Hall–Kier alpha value is -1.82. The standard InChI is InChI=1S/C20H31N3O2S/c1-15(2)11-12-25-18-10-9-16(13-19(18)24-3)14-21-23-20(26)22-17-7-5-4-6-8-17/h9-10,13-15,17H,4-8,11-12H2,1-3H3,(H2,22,23,26)/b21-14-. The SMILES string of the molecule is COc1cc(/C=N\NC(=S)NC2CCCCC2)ccc1OCCC(C)C. The van der Waals surface area contributed by atoms with Crippen LogP contribution < -0.4 is 20.2 Å². The monoisotopic (exact) mass is 377 g/mol. The molecule has 1 aliphatic carbocycles. The molecule has 0 aromatic heterocycles. The van der Waals surface area contributed by atoms with Crippen molar-refractivity contribution in [1.29, 1.82) is 0 Å². The molecule has 0 radical (unpaired) electrons. The molecule has 1 aliphatic rings. The van der Waals surface area contributed by atoms with E-state index in [2.05, 4.69) is 29.7 Å². The Kier molecular flexibility index (Phi) is 8.68. The van der Waals surface area contributed by atoms with Crippen LogP contribution in [0.1, 0.15) is 57.9 Å². The quantitative estimate of drug-likeness (QED) is 0.403. The summed E-state index contributed by atoms with van der Waals surface area (Å²) < 4.78 is 11.2. The lowest BCUT2D eigenvalue weighted by molar-refractivity contribution is 0.273. The molecule has 5 nitrogen and oxygen atoms in total. The van der Waals surface area contributed by atoms with Crippen LogP contribution in [-0.2, 0) is 0 Å². The zero-order valence-electron chi connectivity index (χ0n) is 16.1. The number of hydrogen-bond donors (Lipinski definition) is 2. The van der Waals surface area contributed by atoms with E-state index in [1.807, 2.05) is 18.2 Å². The van der Waals surface area contributed by atoms with E-state index in [-0.39, 0.29) is 0 Å². The lowest BCUT2D eigenvalue weighted by atomic mass is 9.96. The van der Waals surface area contributed by atoms with E-state index in [0.29, 0.717) is 29.4 Å². The molecule has 0 atom stereocenters. The van der Waals surface area contributed by atoms with Gasteiger partial charge in [-0.05, 0) is 61.2 Å². The van der Waals surface area contributed by atoms with Crippen LogP contribution in [0.5, 0.6) is 11.5 Å². The molecule has 6 heteroatoms. The first-order chi connectivity index (χ1) is 12.6. The number of nitrogens with zero attached hydrogens (tertiary/aromatic N) is 1. The zero-order valence-corrected chi connectivity index (χ0v) is 16.9. The van der Waals surface area contributed by atoms with Crippen molar-refractivity contribution < 1.29 is 9.47 Å². The molecule has 144 valence electrons. The maximum atomic E-state index is 5.81. The Morgan fingerprint density at radius 3 is 2.73 bits per heavy atom. The summed E-state index contributed by atoms with van der Waals surface area (Å²) in [4.78, 5) is 0. The minimum absolute atomic E-state index is 0.473. The molecule has 0 unspecified atom stereocenters. The molecule has 1 aromatic carbocycles. The molecular weight excluding hydrogens is 346 g/mol. The van der Waals surface area contributed by atoms with Crippen molar-refractivity contribution in [3.8, 4) is 11.5 Å². The minimum Gasteiger partial charge on any atom is -0.493 e. The van der Waals surface area contributed by atoms with Crippen LogP contribution in [0.4, 0.5) is 0 Å². The topological polar surface area (TPSA) is 54.9 Å².